The Balaban J connectivity index is 2.16. The van der Waals surface area contributed by atoms with Gasteiger partial charge in [0, 0.05) is 11.4 Å². The number of thiophene rings is 1. The summed E-state index contributed by atoms with van der Waals surface area (Å²) in [5, 5.41) is 0.934. The van der Waals surface area contributed by atoms with Crippen LogP contribution in [0.2, 0.25) is 0 Å². The summed E-state index contributed by atoms with van der Waals surface area (Å²) in [5.41, 5.74) is 5.44. The summed E-state index contributed by atoms with van der Waals surface area (Å²) in [4.78, 5) is 14.2. The Morgan fingerprint density at radius 1 is 1.71 bits per heavy atom. The maximum Gasteiger partial charge on any atom is 0.415 e. The zero-order valence-corrected chi connectivity index (χ0v) is 8.71. The molecule has 2 heterocycles. The number of rotatable bonds is 2. The van der Waals surface area contributed by atoms with Crippen LogP contribution in [0, 0.1) is 6.92 Å². The van der Waals surface area contributed by atoms with Crippen LogP contribution in [0.3, 0.4) is 0 Å². The molecule has 2 N–H and O–H groups in total. The van der Waals surface area contributed by atoms with Gasteiger partial charge in [0.25, 0.3) is 0 Å². The first-order chi connectivity index (χ1) is 6.70. The average Bonchev–Trinajstić information content (AvgIpc) is 2.71. The molecule has 1 amide bonds. The minimum absolute atomic E-state index is 0.162. The van der Waals surface area contributed by atoms with Crippen molar-refractivity contribution < 1.29 is 9.53 Å². The molecule has 1 saturated heterocycles. The fourth-order valence-electron chi connectivity index (χ4n) is 1.39. The lowest BCUT2D eigenvalue weighted by molar-refractivity contribution is 0.145. The van der Waals surface area contributed by atoms with Gasteiger partial charge in [0.05, 0.1) is 6.54 Å². The topological polar surface area (TPSA) is 55.6 Å². The third-order valence-electron chi connectivity index (χ3n) is 2.13. The van der Waals surface area contributed by atoms with Gasteiger partial charge >= 0.3 is 6.09 Å². The van der Waals surface area contributed by atoms with Crippen molar-refractivity contribution in [1.29, 1.82) is 0 Å². The Labute approximate surface area is 86.3 Å². The Bertz CT molecular complexity index is 350. The molecule has 0 saturated carbocycles. The number of carbonyl (C=O) groups excluding carboxylic acids is 1. The highest BCUT2D eigenvalue weighted by Crippen LogP contribution is 2.28. The van der Waals surface area contributed by atoms with Crippen LogP contribution in [-0.2, 0) is 4.74 Å². The lowest BCUT2D eigenvalue weighted by Gasteiger charge is -2.08. The van der Waals surface area contributed by atoms with Crippen molar-refractivity contribution in [2.45, 2.75) is 13.0 Å². The maximum atomic E-state index is 11.4. The van der Waals surface area contributed by atoms with Gasteiger partial charge in [-0.25, -0.2) is 4.79 Å². The first-order valence-electron chi connectivity index (χ1n) is 4.45. The van der Waals surface area contributed by atoms with Crippen molar-refractivity contribution in [2.75, 3.05) is 18.0 Å². The number of ether oxygens (including phenoxy) is 1. The Morgan fingerprint density at radius 2 is 2.50 bits per heavy atom. The summed E-state index contributed by atoms with van der Waals surface area (Å²) in [5.74, 6) is 0. The molecule has 1 aromatic rings. The van der Waals surface area contributed by atoms with Crippen LogP contribution < -0.4 is 10.6 Å². The van der Waals surface area contributed by atoms with Gasteiger partial charge in [-0.1, -0.05) is 0 Å². The van der Waals surface area contributed by atoms with Gasteiger partial charge in [-0.05, 0) is 19.1 Å². The van der Waals surface area contributed by atoms with Gasteiger partial charge in [-0.3, -0.25) is 4.90 Å². The van der Waals surface area contributed by atoms with E-state index in [1.54, 1.807) is 16.2 Å². The highest BCUT2D eigenvalue weighted by atomic mass is 32.1. The van der Waals surface area contributed by atoms with Crippen molar-refractivity contribution in [1.82, 2.24) is 0 Å². The fraction of sp³-hybridized carbons (Fsp3) is 0.444. The molecule has 1 atom stereocenters. The number of nitrogens with two attached hydrogens (primary N) is 1. The zero-order valence-electron chi connectivity index (χ0n) is 7.90. The van der Waals surface area contributed by atoms with E-state index in [0.717, 1.165) is 5.00 Å². The molecule has 0 bridgehead atoms. The molecule has 0 radical (unpaired) electrons. The number of carbonyl (C=O) groups is 1. The highest BCUT2D eigenvalue weighted by Gasteiger charge is 2.31. The first-order valence-corrected chi connectivity index (χ1v) is 5.27. The minimum atomic E-state index is -0.290. The SMILES string of the molecule is Cc1ccc(N2C[C@H](CN)OC2=O)s1. The molecule has 14 heavy (non-hydrogen) atoms. The van der Waals surface area contributed by atoms with Crippen molar-refractivity contribution in [3.63, 3.8) is 0 Å². The largest absolute Gasteiger partial charge is 0.443 e. The van der Waals surface area contributed by atoms with E-state index in [-0.39, 0.29) is 12.2 Å². The highest BCUT2D eigenvalue weighted by molar-refractivity contribution is 7.16. The van der Waals surface area contributed by atoms with Crippen LogP contribution in [0.4, 0.5) is 9.80 Å². The van der Waals surface area contributed by atoms with Gasteiger partial charge in [0.15, 0.2) is 0 Å². The van der Waals surface area contributed by atoms with Gasteiger partial charge in [0.1, 0.15) is 11.1 Å². The molecule has 0 aromatic carbocycles. The van der Waals surface area contributed by atoms with E-state index in [1.165, 1.54) is 4.88 Å². The average molecular weight is 212 g/mol. The van der Waals surface area contributed by atoms with E-state index < -0.39 is 0 Å². The summed E-state index contributed by atoms with van der Waals surface area (Å²) < 4.78 is 5.06. The fourth-order valence-corrected chi connectivity index (χ4v) is 2.25. The normalized spacial score (nSPS) is 21.4. The lowest BCUT2D eigenvalue weighted by Crippen LogP contribution is -2.26. The molecule has 76 valence electrons. The smallest absolute Gasteiger partial charge is 0.415 e. The Kier molecular flexibility index (Phi) is 2.43. The molecule has 1 aliphatic heterocycles. The second-order valence-corrected chi connectivity index (χ2v) is 4.50. The Morgan fingerprint density at radius 3 is 3.00 bits per heavy atom. The van der Waals surface area contributed by atoms with Crippen molar-refractivity contribution in [2.24, 2.45) is 5.73 Å². The third kappa shape index (κ3) is 1.60. The van der Waals surface area contributed by atoms with E-state index in [1.807, 2.05) is 19.1 Å². The summed E-state index contributed by atoms with van der Waals surface area (Å²) in [6.45, 7) is 2.96. The predicted octanol–water partition coefficient (Wildman–Crippen LogP) is 1.34. The standard InChI is InChI=1S/C9H12N2O2S/c1-6-2-3-8(14-6)11-5-7(4-10)13-9(11)12/h2-3,7H,4-5,10H2,1H3/t7-/m0/s1. The molecule has 0 aliphatic carbocycles. The van der Waals surface area contributed by atoms with Crippen LogP contribution in [0.25, 0.3) is 0 Å². The van der Waals surface area contributed by atoms with E-state index >= 15 is 0 Å². The van der Waals surface area contributed by atoms with Gasteiger partial charge in [-0.2, -0.15) is 0 Å². The third-order valence-corrected chi connectivity index (χ3v) is 3.15. The van der Waals surface area contributed by atoms with Crippen molar-refractivity contribution in [3.05, 3.63) is 17.0 Å². The molecule has 1 aromatic heterocycles. The number of aryl methyl sites for hydroxylation is 1. The van der Waals surface area contributed by atoms with Crippen LogP contribution in [-0.4, -0.2) is 25.3 Å². The molecule has 0 unspecified atom stereocenters. The molecule has 0 spiro atoms. The van der Waals surface area contributed by atoms with Crippen LogP contribution in [0.5, 0.6) is 0 Å². The van der Waals surface area contributed by atoms with Gasteiger partial charge in [0.2, 0.25) is 0 Å². The summed E-state index contributed by atoms with van der Waals surface area (Å²) >= 11 is 1.59. The van der Waals surface area contributed by atoms with Gasteiger partial charge in [-0.15, -0.1) is 11.3 Å². The van der Waals surface area contributed by atoms with Crippen molar-refractivity contribution >= 4 is 22.4 Å². The molecule has 1 fully saturated rings. The van der Waals surface area contributed by atoms with Gasteiger partial charge < -0.3 is 10.5 Å². The van der Waals surface area contributed by atoms with Crippen LogP contribution in [0.1, 0.15) is 4.88 Å². The second-order valence-electron chi connectivity index (χ2n) is 3.24. The molecule has 1 aliphatic rings. The molecule has 4 nitrogen and oxygen atoms in total. The monoisotopic (exact) mass is 212 g/mol. The predicted molar refractivity (Wildman–Crippen MR) is 55.7 cm³/mol. The molecular formula is C9H12N2O2S. The summed E-state index contributed by atoms with van der Waals surface area (Å²) in [7, 11) is 0. The van der Waals surface area contributed by atoms with Crippen LogP contribution in [0.15, 0.2) is 12.1 Å². The number of cyclic esters (lactones) is 1. The second kappa shape index (κ2) is 3.59. The maximum absolute atomic E-state index is 11.4. The number of hydrogen-bond acceptors (Lipinski definition) is 4. The lowest BCUT2D eigenvalue weighted by atomic mass is 10.3. The number of nitrogens with zero attached hydrogens (tertiary/aromatic N) is 1. The zero-order chi connectivity index (χ0) is 10.1. The van der Waals surface area contributed by atoms with Crippen molar-refractivity contribution in [3.8, 4) is 0 Å². The van der Waals surface area contributed by atoms with Crippen LogP contribution >= 0.6 is 11.3 Å². The quantitative estimate of drug-likeness (QED) is 0.804. The molecule has 5 heteroatoms. The number of hydrogen-bond donors (Lipinski definition) is 1. The first kappa shape index (κ1) is 9.48. The number of amides is 1. The molecular weight excluding hydrogens is 200 g/mol. The summed E-state index contributed by atoms with van der Waals surface area (Å²) in [6, 6.07) is 3.92. The number of anilines is 1. The Hall–Kier alpha value is -1.07. The summed E-state index contributed by atoms with van der Waals surface area (Å²) in [6.07, 6.45) is -0.452. The van der Waals surface area contributed by atoms with E-state index in [9.17, 15) is 4.79 Å². The van der Waals surface area contributed by atoms with E-state index in [4.69, 9.17) is 10.5 Å². The van der Waals surface area contributed by atoms with E-state index in [0.29, 0.717) is 13.1 Å². The van der Waals surface area contributed by atoms with E-state index in [2.05, 4.69) is 0 Å². The minimum Gasteiger partial charge on any atom is -0.443 e. The molecule has 2 rings (SSSR count).